The first-order valence-corrected chi connectivity index (χ1v) is 7.24. The van der Waals surface area contributed by atoms with E-state index in [1.54, 1.807) is 0 Å². The standard InChI is InChI=1S/C14H23NO4/c1-2-12-9-19-7-6-15(12)13(16)10-4-3-5-11(8-10)14(17)18/h10-12H,2-9H2,1H3,(H,17,18)/t10-,11-,12+/m0/s1. The molecule has 2 fully saturated rings. The molecule has 1 saturated heterocycles. The summed E-state index contributed by atoms with van der Waals surface area (Å²) in [5.74, 6) is -1.07. The fraction of sp³-hybridized carbons (Fsp3) is 0.857. The van der Waals surface area contributed by atoms with Gasteiger partial charge in [-0.3, -0.25) is 9.59 Å². The van der Waals surface area contributed by atoms with Gasteiger partial charge in [0, 0.05) is 12.5 Å². The molecule has 1 amide bonds. The van der Waals surface area contributed by atoms with Crippen LogP contribution in [0.15, 0.2) is 0 Å². The smallest absolute Gasteiger partial charge is 0.306 e. The summed E-state index contributed by atoms with van der Waals surface area (Å²) in [4.78, 5) is 25.6. The molecule has 1 aliphatic carbocycles. The highest BCUT2D eigenvalue weighted by molar-refractivity contribution is 5.80. The van der Waals surface area contributed by atoms with Crippen molar-refractivity contribution >= 4 is 11.9 Å². The quantitative estimate of drug-likeness (QED) is 0.843. The van der Waals surface area contributed by atoms with Gasteiger partial charge in [-0.25, -0.2) is 0 Å². The minimum absolute atomic E-state index is 0.109. The second-order valence-corrected chi connectivity index (χ2v) is 5.57. The second kappa shape index (κ2) is 6.37. The summed E-state index contributed by atoms with van der Waals surface area (Å²) < 4.78 is 5.41. The van der Waals surface area contributed by atoms with Gasteiger partial charge in [0.15, 0.2) is 0 Å². The lowest BCUT2D eigenvalue weighted by atomic mass is 9.80. The average molecular weight is 269 g/mol. The van der Waals surface area contributed by atoms with Gasteiger partial charge in [0.2, 0.25) is 5.91 Å². The Hall–Kier alpha value is -1.10. The zero-order valence-electron chi connectivity index (χ0n) is 11.5. The maximum atomic E-state index is 12.6. The third-order valence-corrected chi connectivity index (χ3v) is 4.35. The van der Waals surface area contributed by atoms with Crippen molar-refractivity contribution in [2.45, 2.75) is 45.1 Å². The third kappa shape index (κ3) is 3.26. The Morgan fingerprint density at radius 2 is 2.05 bits per heavy atom. The van der Waals surface area contributed by atoms with E-state index in [1.165, 1.54) is 0 Å². The molecule has 1 heterocycles. The second-order valence-electron chi connectivity index (χ2n) is 5.57. The number of morpholine rings is 1. The molecule has 0 aromatic rings. The molecule has 0 aromatic carbocycles. The number of carbonyl (C=O) groups excluding carboxylic acids is 1. The zero-order valence-corrected chi connectivity index (χ0v) is 11.5. The highest BCUT2D eigenvalue weighted by Gasteiger charge is 2.36. The van der Waals surface area contributed by atoms with Crippen LogP contribution in [-0.4, -0.2) is 47.7 Å². The Bertz CT molecular complexity index is 344. The summed E-state index contributed by atoms with van der Waals surface area (Å²) in [6, 6.07) is 0.159. The molecular formula is C14H23NO4. The summed E-state index contributed by atoms with van der Waals surface area (Å²) in [5, 5.41) is 9.10. The molecule has 0 bridgehead atoms. The number of carboxylic acids is 1. The monoisotopic (exact) mass is 269 g/mol. The molecule has 0 unspecified atom stereocenters. The molecule has 19 heavy (non-hydrogen) atoms. The van der Waals surface area contributed by atoms with Gasteiger partial charge in [-0.2, -0.15) is 0 Å². The SMILES string of the molecule is CC[C@@H]1COCCN1C(=O)[C@H]1CCC[C@H](C(=O)O)C1. The van der Waals surface area contributed by atoms with Gasteiger partial charge in [-0.1, -0.05) is 13.3 Å². The Labute approximate surface area is 113 Å². The summed E-state index contributed by atoms with van der Waals surface area (Å²) >= 11 is 0. The normalized spacial score (nSPS) is 32.1. The van der Waals surface area contributed by atoms with Crippen molar-refractivity contribution in [1.82, 2.24) is 4.90 Å². The molecule has 2 rings (SSSR count). The van der Waals surface area contributed by atoms with Gasteiger partial charge in [0.25, 0.3) is 0 Å². The van der Waals surface area contributed by atoms with E-state index < -0.39 is 5.97 Å². The van der Waals surface area contributed by atoms with Gasteiger partial charge in [0.1, 0.15) is 0 Å². The number of carbonyl (C=O) groups is 2. The summed E-state index contributed by atoms with van der Waals surface area (Å²) in [6.07, 6.45) is 3.77. The molecule has 2 aliphatic rings. The first kappa shape index (κ1) is 14.3. The Kier molecular flexibility index (Phi) is 4.80. The number of aliphatic carboxylic acids is 1. The largest absolute Gasteiger partial charge is 0.481 e. The molecule has 1 N–H and O–H groups in total. The van der Waals surface area contributed by atoms with Crippen molar-refractivity contribution in [1.29, 1.82) is 0 Å². The predicted octanol–water partition coefficient (Wildman–Crippen LogP) is 1.51. The molecule has 108 valence electrons. The van der Waals surface area contributed by atoms with Gasteiger partial charge < -0.3 is 14.7 Å². The van der Waals surface area contributed by atoms with Gasteiger partial charge in [0.05, 0.1) is 25.2 Å². The topological polar surface area (TPSA) is 66.8 Å². The van der Waals surface area contributed by atoms with E-state index in [0.717, 1.165) is 19.3 Å². The summed E-state index contributed by atoms with van der Waals surface area (Å²) in [7, 11) is 0. The van der Waals surface area contributed by atoms with E-state index in [4.69, 9.17) is 9.84 Å². The van der Waals surface area contributed by atoms with Crippen LogP contribution < -0.4 is 0 Å². The maximum Gasteiger partial charge on any atom is 0.306 e. The van der Waals surface area contributed by atoms with Crippen LogP contribution in [0.2, 0.25) is 0 Å². The van der Waals surface area contributed by atoms with Crippen LogP contribution in [0.3, 0.4) is 0 Å². The molecule has 3 atom stereocenters. The number of rotatable bonds is 3. The van der Waals surface area contributed by atoms with E-state index in [-0.39, 0.29) is 23.8 Å². The van der Waals surface area contributed by atoms with Gasteiger partial charge in [-0.05, 0) is 25.7 Å². The molecule has 0 radical (unpaired) electrons. The molecule has 1 aliphatic heterocycles. The lowest BCUT2D eigenvalue weighted by Gasteiger charge is -2.38. The number of ether oxygens (including phenoxy) is 1. The van der Waals surface area contributed by atoms with E-state index in [0.29, 0.717) is 32.6 Å². The summed E-state index contributed by atoms with van der Waals surface area (Å²) in [5.41, 5.74) is 0. The van der Waals surface area contributed by atoms with E-state index in [9.17, 15) is 9.59 Å². The van der Waals surface area contributed by atoms with Crippen molar-refractivity contribution in [2.75, 3.05) is 19.8 Å². The number of carboxylic acid groups (broad SMARTS) is 1. The van der Waals surface area contributed by atoms with Crippen LogP contribution >= 0.6 is 0 Å². The van der Waals surface area contributed by atoms with Crippen LogP contribution in [0, 0.1) is 11.8 Å². The van der Waals surface area contributed by atoms with Gasteiger partial charge >= 0.3 is 5.97 Å². The highest BCUT2D eigenvalue weighted by Crippen LogP contribution is 2.31. The van der Waals surface area contributed by atoms with Crippen molar-refractivity contribution in [3.05, 3.63) is 0 Å². The maximum absolute atomic E-state index is 12.6. The minimum Gasteiger partial charge on any atom is -0.481 e. The molecule has 0 aromatic heterocycles. The first-order chi connectivity index (χ1) is 9.13. The molecular weight excluding hydrogens is 246 g/mol. The lowest BCUT2D eigenvalue weighted by Crippen LogP contribution is -2.51. The summed E-state index contributed by atoms with van der Waals surface area (Å²) in [6.45, 7) is 3.90. The lowest BCUT2D eigenvalue weighted by molar-refractivity contribution is -0.149. The highest BCUT2D eigenvalue weighted by atomic mass is 16.5. The zero-order chi connectivity index (χ0) is 13.8. The molecule has 5 nitrogen and oxygen atoms in total. The third-order valence-electron chi connectivity index (χ3n) is 4.35. The molecule has 5 heteroatoms. The van der Waals surface area contributed by atoms with Crippen molar-refractivity contribution < 1.29 is 19.4 Å². The van der Waals surface area contributed by atoms with Crippen molar-refractivity contribution in [3.8, 4) is 0 Å². The Balaban J connectivity index is 1.99. The fourth-order valence-corrected chi connectivity index (χ4v) is 3.16. The van der Waals surface area contributed by atoms with E-state index in [2.05, 4.69) is 6.92 Å². The van der Waals surface area contributed by atoms with Crippen LogP contribution in [0.1, 0.15) is 39.0 Å². The molecule has 1 saturated carbocycles. The Morgan fingerprint density at radius 3 is 2.74 bits per heavy atom. The Morgan fingerprint density at radius 1 is 1.32 bits per heavy atom. The first-order valence-electron chi connectivity index (χ1n) is 7.24. The predicted molar refractivity (Wildman–Crippen MR) is 69.7 cm³/mol. The van der Waals surface area contributed by atoms with E-state index >= 15 is 0 Å². The average Bonchev–Trinajstić information content (AvgIpc) is 2.46. The van der Waals surface area contributed by atoms with Crippen LogP contribution in [0.5, 0.6) is 0 Å². The van der Waals surface area contributed by atoms with Crippen LogP contribution in [-0.2, 0) is 14.3 Å². The molecule has 0 spiro atoms. The fourth-order valence-electron chi connectivity index (χ4n) is 3.16. The minimum atomic E-state index is -0.758. The number of amides is 1. The van der Waals surface area contributed by atoms with Gasteiger partial charge in [-0.15, -0.1) is 0 Å². The van der Waals surface area contributed by atoms with Crippen molar-refractivity contribution in [2.24, 2.45) is 11.8 Å². The van der Waals surface area contributed by atoms with Crippen LogP contribution in [0.4, 0.5) is 0 Å². The number of hydrogen-bond donors (Lipinski definition) is 1. The number of hydrogen-bond acceptors (Lipinski definition) is 3. The van der Waals surface area contributed by atoms with Crippen LogP contribution in [0.25, 0.3) is 0 Å². The number of nitrogens with zero attached hydrogens (tertiary/aromatic N) is 1. The van der Waals surface area contributed by atoms with Crippen molar-refractivity contribution in [3.63, 3.8) is 0 Å². The van der Waals surface area contributed by atoms with E-state index in [1.807, 2.05) is 4.90 Å².